The zero-order valence-corrected chi connectivity index (χ0v) is 12.5. The molecule has 0 saturated carbocycles. The molecular weight excluding hydrogens is 269 g/mol. The Bertz CT molecular complexity index is 631. The van der Waals surface area contributed by atoms with Crippen molar-refractivity contribution in [3.8, 4) is 0 Å². The van der Waals surface area contributed by atoms with Crippen molar-refractivity contribution in [1.82, 2.24) is 9.47 Å². The van der Waals surface area contributed by atoms with E-state index in [0.29, 0.717) is 17.9 Å². The normalized spacial score (nSPS) is 10.9. The molecule has 2 N–H and O–H groups in total. The number of amides is 1. The van der Waals surface area contributed by atoms with Crippen LogP contribution < -0.4 is 5.73 Å². The molecule has 1 aromatic carbocycles. The van der Waals surface area contributed by atoms with E-state index in [2.05, 4.69) is 0 Å². The Morgan fingerprint density at radius 2 is 1.95 bits per heavy atom. The first-order chi connectivity index (χ1) is 9.88. The number of aromatic nitrogens is 1. The highest BCUT2D eigenvalue weighted by Crippen LogP contribution is 2.18. The number of nitrogens with zero attached hydrogens (tertiary/aromatic N) is 2. The van der Waals surface area contributed by atoms with Gasteiger partial charge in [-0.25, -0.2) is 4.39 Å². The van der Waals surface area contributed by atoms with Gasteiger partial charge in [0.15, 0.2) is 0 Å². The van der Waals surface area contributed by atoms with Crippen molar-refractivity contribution in [1.29, 1.82) is 0 Å². The predicted octanol–water partition coefficient (Wildman–Crippen LogP) is 3.06. The Balaban J connectivity index is 2.17. The topological polar surface area (TPSA) is 51.3 Å². The highest BCUT2D eigenvalue weighted by molar-refractivity contribution is 5.93. The Morgan fingerprint density at radius 1 is 1.33 bits per heavy atom. The maximum absolute atomic E-state index is 12.9. The fraction of sp³-hybridized carbons (Fsp3) is 0.312. The summed E-state index contributed by atoms with van der Waals surface area (Å²) < 4.78 is 14.8. The lowest BCUT2D eigenvalue weighted by Gasteiger charge is -2.20. The molecule has 0 atom stereocenters. The van der Waals surface area contributed by atoms with E-state index in [9.17, 15) is 9.18 Å². The third kappa shape index (κ3) is 3.42. The molecule has 0 aliphatic heterocycles. The molecule has 112 valence electrons. The third-order valence-corrected chi connectivity index (χ3v) is 3.32. The molecule has 1 aromatic heterocycles. The summed E-state index contributed by atoms with van der Waals surface area (Å²) in [6.45, 7) is 4.41. The van der Waals surface area contributed by atoms with Gasteiger partial charge in [0.25, 0.3) is 5.91 Å². The summed E-state index contributed by atoms with van der Waals surface area (Å²) in [6.07, 6.45) is 1.77. The number of rotatable bonds is 4. The van der Waals surface area contributed by atoms with Crippen LogP contribution >= 0.6 is 0 Å². The lowest BCUT2D eigenvalue weighted by molar-refractivity contribution is 0.0772. The van der Waals surface area contributed by atoms with Gasteiger partial charge in [0.2, 0.25) is 0 Å². The summed E-state index contributed by atoms with van der Waals surface area (Å²) in [7, 11) is 1.72. The van der Waals surface area contributed by atoms with Crippen LogP contribution in [-0.2, 0) is 6.54 Å². The lowest BCUT2D eigenvalue weighted by atomic mass is 10.2. The minimum Gasteiger partial charge on any atom is -0.397 e. The van der Waals surface area contributed by atoms with Gasteiger partial charge in [-0.3, -0.25) is 4.79 Å². The van der Waals surface area contributed by atoms with Crippen LogP contribution in [0.25, 0.3) is 0 Å². The van der Waals surface area contributed by atoms with Gasteiger partial charge < -0.3 is 15.2 Å². The van der Waals surface area contributed by atoms with E-state index in [1.807, 2.05) is 18.4 Å². The maximum Gasteiger partial charge on any atom is 0.270 e. The van der Waals surface area contributed by atoms with Crippen LogP contribution in [0.2, 0.25) is 0 Å². The van der Waals surface area contributed by atoms with E-state index in [1.165, 1.54) is 12.1 Å². The fourth-order valence-corrected chi connectivity index (χ4v) is 2.23. The van der Waals surface area contributed by atoms with Gasteiger partial charge in [0, 0.05) is 25.8 Å². The summed E-state index contributed by atoms with van der Waals surface area (Å²) in [5.41, 5.74) is 7.80. The number of carbonyl (C=O) groups excluding carboxylic acids is 1. The number of nitrogens with two attached hydrogens (primary N) is 1. The molecule has 1 heterocycles. The Hall–Kier alpha value is -2.30. The van der Waals surface area contributed by atoms with E-state index in [1.54, 1.807) is 36.3 Å². The van der Waals surface area contributed by atoms with Crippen molar-refractivity contribution in [3.05, 3.63) is 53.6 Å². The van der Waals surface area contributed by atoms with Crippen LogP contribution in [0.1, 0.15) is 35.9 Å². The molecule has 0 spiro atoms. The van der Waals surface area contributed by atoms with Crippen molar-refractivity contribution in [3.63, 3.8) is 0 Å². The monoisotopic (exact) mass is 289 g/mol. The second kappa shape index (κ2) is 5.99. The highest BCUT2D eigenvalue weighted by Gasteiger charge is 2.18. The van der Waals surface area contributed by atoms with Crippen molar-refractivity contribution < 1.29 is 9.18 Å². The third-order valence-electron chi connectivity index (χ3n) is 3.32. The molecule has 4 nitrogen and oxygen atoms in total. The molecule has 0 saturated heterocycles. The molecule has 21 heavy (non-hydrogen) atoms. The largest absolute Gasteiger partial charge is 0.397 e. The molecule has 2 rings (SSSR count). The van der Waals surface area contributed by atoms with E-state index < -0.39 is 0 Å². The molecule has 0 unspecified atom stereocenters. The summed E-state index contributed by atoms with van der Waals surface area (Å²) >= 11 is 0. The number of nitrogen functional groups attached to an aromatic ring is 1. The first kappa shape index (κ1) is 15.1. The average Bonchev–Trinajstić information content (AvgIpc) is 2.82. The molecule has 0 bridgehead atoms. The van der Waals surface area contributed by atoms with Crippen LogP contribution in [0.15, 0.2) is 36.5 Å². The van der Waals surface area contributed by atoms with Crippen molar-refractivity contribution in [2.75, 3.05) is 12.8 Å². The number of carbonyl (C=O) groups is 1. The minimum absolute atomic E-state index is 0.107. The van der Waals surface area contributed by atoms with Gasteiger partial charge in [-0.15, -0.1) is 0 Å². The lowest BCUT2D eigenvalue weighted by Crippen LogP contribution is -2.28. The summed E-state index contributed by atoms with van der Waals surface area (Å²) in [4.78, 5) is 14.1. The molecule has 1 amide bonds. The first-order valence-corrected chi connectivity index (χ1v) is 6.85. The zero-order valence-electron chi connectivity index (χ0n) is 12.5. The number of benzene rings is 1. The average molecular weight is 289 g/mol. The second-order valence-corrected chi connectivity index (χ2v) is 5.45. The molecule has 0 fully saturated rings. The van der Waals surface area contributed by atoms with Crippen molar-refractivity contribution in [2.24, 2.45) is 0 Å². The summed E-state index contributed by atoms with van der Waals surface area (Å²) in [5, 5.41) is 0. The second-order valence-electron chi connectivity index (χ2n) is 5.45. The van der Waals surface area contributed by atoms with Gasteiger partial charge in [0.05, 0.1) is 5.69 Å². The standard InChI is InChI=1S/C16H20FN3O/c1-11(2)20-10-14(18)8-15(20)16(21)19(3)9-12-4-6-13(17)7-5-12/h4-8,10-11H,9,18H2,1-3H3. The van der Waals surface area contributed by atoms with E-state index >= 15 is 0 Å². The van der Waals surface area contributed by atoms with Gasteiger partial charge in [-0.1, -0.05) is 12.1 Å². The van der Waals surface area contributed by atoms with Gasteiger partial charge in [-0.05, 0) is 37.6 Å². The smallest absolute Gasteiger partial charge is 0.270 e. The highest BCUT2D eigenvalue weighted by atomic mass is 19.1. The molecule has 5 heteroatoms. The molecule has 0 radical (unpaired) electrons. The fourth-order valence-electron chi connectivity index (χ4n) is 2.23. The molecule has 0 aliphatic carbocycles. The SMILES string of the molecule is CC(C)n1cc(N)cc1C(=O)N(C)Cc1ccc(F)cc1. The minimum atomic E-state index is -0.283. The number of anilines is 1. The number of hydrogen-bond acceptors (Lipinski definition) is 2. The predicted molar refractivity (Wildman–Crippen MR) is 81.4 cm³/mol. The van der Waals surface area contributed by atoms with Gasteiger partial charge in [-0.2, -0.15) is 0 Å². The van der Waals surface area contributed by atoms with Crippen LogP contribution in [0.3, 0.4) is 0 Å². The molecule has 2 aromatic rings. The number of halogens is 1. The van der Waals surface area contributed by atoms with Gasteiger partial charge in [0.1, 0.15) is 11.5 Å². The molecular formula is C16H20FN3O. The van der Waals surface area contributed by atoms with Crippen LogP contribution in [-0.4, -0.2) is 22.4 Å². The van der Waals surface area contributed by atoms with Crippen LogP contribution in [0.4, 0.5) is 10.1 Å². The first-order valence-electron chi connectivity index (χ1n) is 6.85. The Labute approximate surface area is 124 Å². The van der Waals surface area contributed by atoms with E-state index in [4.69, 9.17) is 5.73 Å². The Morgan fingerprint density at radius 3 is 2.52 bits per heavy atom. The quantitative estimate of drug-likeness (QED) is 0.940. The van der Waals surface area contributed by atoms with E-state index in [0.717, 1.165) is 5.56 Å². The van der Waals surface area contributed by atoms with Crippen LogP contribution in [0.5, 0.6) is 0 Å². The van der Waals surface area contributed by atoms with Gasteiger partial charge >= 0.3 is 0 Å². The summed E-state index contributed by atoms with van der Waals surface area (Å²) in [5.74, 6) is -0.390. The zero-order chi connectivity index (χ0) is 15.6. The number of hydrogen-bond donors (Lipinski definition) is 1. The maximum atomic E-state index is 12.9. The Kier molecular flexibility index (Phi) is 4.31. The molecule has 0 aliphatic rings. The van der Waals surface area contributed by atoms with Crippen molar-refractivity contribution >= 4 is 11.6 Å². The van der Waals surface area contributed by atoms with Crippen molar-refractivity contribution in [2.45, 2.75) is 26.4 Å². The summed E-state index contributed by atoms with van der Waals surface area (Å²) in [6, 6.07) is 7.97. The van der Waals surface area contributed by atoms with E-state index in [-0.39, 0.29) is 17.8 Å². The van der Waals surface area contributed by atoms with Crippen LogP contribution in [0, 0.1) is 5.82 Å².